The fraction of sp³-hybridized carbons (Fsp3) is 0.0952. The molecule has 2 aliphatic rings. The van der Waals surface area contributed by atoms with E-state index in [1.807, 2.05) is 0 Å². The maximum Gasteiger partial charge on any atom is -1.00 e. The first-order valence-electron chi connectivity index (χ1n) is 8.26. The summed E-state index contributed by atoms with van der Waals surface area (Å²) >= 11 is -0.256. The Morgan fingerprint density at radius 3 is 2.62 bits per heavy atom. The molecule has 2 nitrogen and oxygen atoms in total. The van der Waals surface area contributed by atoms with E-state index in [0.717, 1.165) is 11.9 Å². The molecule has 3 aromatic rings. The summed E-state index contributed by atoms with van der Waals surface area (Å²) in [5, 5.41) is 6.04. The van der Waals surface area contributed by atoms with Crippen LogP contribution in [0.5, 0.6) is 0 Å². The summed E-state index contributed by atoms with van der Waals surface area (Å²) in [5.41, 5.74) is 5.22. The maximum atomic E-state index is 4.84. The van der Waals surface area contributed by atoms with Gasteiger partial charge in [-0.15, -0.1) is 0 Å². The second-order valence-electron chi connectivity index (χ2n) is 6.23. The van der Waals surface area contributed by atoms with Crippen LogP contribution in [0.2, 0.25) is 0 Å². The van der Waals surface area contributed by atoms with E-state index in [-0.39, 0.29) is 44.0 Å². The maximum absolute atomic E-state index is 4.84. The molecule has 1 heterocycles. The van der Waals surface area contributed by atoms with Crippen LogP contribution < -0.4 is 24.8 Å². The van der Waals surface area contributed by atoms with Crippen molar-refractivity contribution in [3.63, 3.8) is 0 Å². The Balaban J connectivity index is 0.000000980. The minimum absolute atomic E-state index is 0. The van der Waals surface area contributed by atoms with Gasteiger partial charge < -0.3 is 24.8 Å². The van der Waals surface area contributed by atoms with Gasteiger partial charge in [0.25, 0.3) is 0 Å². The van der Waals surface area contributed by atoms with E-state index in [9.17, 15) is 0 Å². The molecule has 26 heavy (non-hydrogen) atoms. The zero-order valence-electron chi connectivity index (χ0n) is 13.9. The van der Waals surface area contributed by atoms with Crippen molar-refractivity contribution in [1.82, 2.24) is 9.78 Å². The number of allylic oxidation sites excluding steroid dienone is 5. The van der Waals surface area contributed by atoms with Crippen molar-refractivity contribution in [2.75, 3.05) is 0 Å². The van der Waals surface area contributed by atoms with Gasteiger partial charge in [0.2, 0.25) is 0 Å². The Labute approximate surface area is 174 Å². The van der Waals surface area contributed by atoms with Crippen LogP contribution >= 0.6 is 0 Å². The number of halogens is 2. The fourth-order valence-electron chi connectivity index (χ4n) is 3.49. The number of fused-ring (bicyclic) bond motifs is 2. The Morgan fingerprint density at radius 2 is 1.81 bits per heavy atom. The van der Waals surface area contributed by atoms with Gasteiger partial charge in [0, 0.05) is 0 Å². The summed E-state index contributed by atoms with van der Waals surface area (Å²) in [6.07, 6.45) is 12.4. The van der Waals surface area contributed by atoms with Crippen LogP contribution in [0.1, 0.15) is 21.8 Å². The van der Waals surface area contributed by atoms with E-state index < -0.39 is 0 Å². The molecule has 2 aromatic carbocycles. The summed E-state index contributed by atoms with van der Waals surface area (Å²) in [4.78, 5) is 0. The van der Waals surface area contributed by atoms with E-state index >= 15 is 0 Å². The first-order chi connectivity index (χ1) is 11.9. The number of rotatable bonds is 3. The Morgan fingerprint density at radius 1 is 1.00 bits per heavy atom. The van der Waals surface area contributed by atoms with Crippen molar-refractivity contribution in [1.29, 1.82) is 0 Å². The second-order valence-corrected chi connectivity index (χ2v) is 8.59. The van der Waals surface area contributed by atoms with Crippen LogP contribution in [-0.2, 0) is 19.2 Å². The summed E-state index contributed by atoms with van der Waals surface area (Å²) in [5.74, 6) is 0. The number of benzene rings is 2. The van der Waals surface area contributed by atoms with Crippen LogP contribution in [-0.4, -0.2) is 9.78 Å². The largest absolute Gasteiger partial charge is 1.00 e. The van der Waals surface area contributed by atoms with Crippen LogP contribution in [0.25, 0.3) is 22.7 Å². The molecular weight excluding hydrogens is 399 g/mol. The zero-order valence-corrected chi connectivity index (χ0v) is 17.0. The summed E-state index contributed by atoms with van der Waals surface area (Å²) in [6.45, 7) is 0. The Hall–Kier alpha value is -1.58. The van der Waals surface area contributed by atoms with Crippen LogP contribution in [0.4, 0.5) is 0 Å². The van der Waals surface area contributed by atoms with Crippen molar-refractivity contribution < 1.29 is 44.0 Å². The van der Waals surface area contributed by atoms with E-state index in [1.165, 1.54) is 22.2 Å². The quantitative estimate of drug-likeness (QED) is 0.504. The molecule has 0 N–H and O–H groups in total. The summed E-state index contributed by atoms with van der Waals surface area (Å²) in [7, 11) is 0. The molecule has 0 aliphatic heterocycles. The van der Waals surface area contributed by atoms with Crippen molar-refractivity contribution in [2.45, 2.75) is 10.6 Å². The number of hydrogen-bond acceptors (Lipinski definition) is 1. The third kappa shape index (κ3) is 3.35. The van der Waals surface area contributed by atoms with E-state index in [4.69, 9.17) is 5.10 Å². The molecule has 1 atom stereocenters. The van der Waals surface area contributed by atoms with Crippen molar-refractivity contribution in [3.05, 3.63) is 88.0 Å². The normalized spacial score (nSPS) is 17.0. The van der Waals surface area contributed by atoms with Gasteiger partial charge in [0.05, 0.1) is 0 Å². The van der Waals surface area contributed by atoms with E-state index in [2.05, 4.69) is 83.7 Å². The number of nitrogens with zero attached hydrogens (tertiary/aromatic N) is 2. The minimum atomic E-state index is -0.256. The van der Waals surface area contributed by atoms with Crippen molar-refractivity contribution in [2.24, 2.45) is 0 Å². The summed E-state index contributed by atoms with van der Waals surface area (Å²) in [6, 6.07) is 17.2. The predicted molar refractivity (Wildman–Crippen MR) is 94.9 cm³/mol. The molecular formula is C21H16Cl2N2Ti. The van der Waals surface area contributed by atoms with Gasteiger partial charge in [0.15, 0.2) is 0 Å². The van der Waals surface area contributed by atoms with E-state index in [0.29, 0.717) is 4.22 Å². The van der Waals surface area contributed by atoms with Crippen LogP contribution in [0.3, 0.4) is 0 Å². The molecule has 1 unspecified atom stereocenters. The van der Waals surface area contributed by atoms with E-state index in [1.54, 1.807) is 3.88 Å². The zero-order chi connectivity index (χ0) is 15.9. The average molecular weight is 415 g/mol. The van der Waals surface area contributed by atoms with Crippen molar-refractivity contribution >= 4 is 22.7 Å². The van der Waals surface area contributed by atoms with Gasteiger partial charge in [-0.25, -0.2) is 0 Å². The van der Waals surface area contributed by atoms with Gasteiger partial charge in [-0.3, -0.25) is 0 Å². The van der Waals surface area contributed by atoms with Gasteiger partial charge >= 0.3 is 150 Å². The molecule has 128 valence electrons. The molecule has 5 heteroatoms. The third-order valence-electron chi connectivity index (χ3n) is 4.69. The fourth-order valence-corrected chi connectivity index (χ4v) is 5.96. The third-order valence-corrected chi connectivity index (χ3v) is 7.24. The molecule has 0 fully saturated rings. The molecule has 2 aliphatic carbocycles. The Kier molecular flexibility index (Phi) is 5.89. The first-order valence-corrected chi connectivity index (χ1v) is 9.94. The van der Waals surface area contributed by atoms with Crippen LogP contribution in [0, 0.1) is 0 Å². The topological polar surface area (TPSA) is 17.8 Å². The standard InChI is InChI=1S/C16H11N2.C5H5.2ClH.Ti/c1-2-6-13-10-15(9-12(13)5-1)18-11-14-7-3-4-8-16(14)17-18;1-2-4-5-3-1;;;/h1-11H;1-3H,4H2;2*1H;/q;;;;+2/p-2. The van der Waals surface area contributed by atoms with Crippen molar-refractivity contribution in [3.8, 4) is 0 Å². The molecule has 0 saturated heterocycles. The smallest absolute Gasteiger partial charge is 1.00 e. The molecule has 0 spiro atoms. The molecule has 0 bridgehead atoms. The predicted octanol–water partition coefficient (Wildman–Crippen LogP) is -0.977. The van der Waals surface area contributed by atoms with Gasteiger partial charge in [-0.2, -0.15) is 0 Å². The summed E-state index contributed by atoms with van der Waals surface area (Å²) < 4.78 is 4.24. The number of aromatic nitrogens is 2. The Bertz CT molecular complexity index is 1000. The van der Waals surface area contributed by atoms with Gasteiger partial charge in [-0.05, 0) is 0 Å². The van der Waals surface area contributed by atoms with Crippen LogP contribution in [0.15, 0.2) is 76.8 Å². The number of hydrogen-bond donors (Lipinski definition) is 0. The minimum Gasteiger partial charge on any atom is -1.00 e. The SMILES string of the molecule is C1=CC[C]([Ti+2][CH]2C(n3cc4ccccc4n3)=Cc3ccccc32)=C1.[Cl-].[Cl-]. The molecule has 0 radical (unpaired) electrons. The molecule has 1 aromatic heterocycles. The molecule has 5 rings (SSSR count). The van der Waals surface area contributed by atoms with Gasteiger partial charge in [0.1, 0.15) is 0 Å². The second kappa shape index (κ2) is 7.98. The molecule has 0 saturated carbocycles. The molecule has 0 amide bonds. The average Bonchev–Trinajstić information content (AvgIpc) is 3.33. The van der Waals surface area contributed by atoms with Gasteiger partial charge in [-0.1, -0.05) is 0 Å². The monoisotopic (exact) mass is 414 g/mol. The first kappa shape index (κ1) is 19.2.